The minimum absolute atomic E-state index is 0.227. The van der Waals surface area contributed by atoms with Crippen LogP contribution in [0.25, 0.3) is 0 Å². The summed E-state index contributed by atoms with van der Waals surface area (Å²) in [4.78, 5) is 14.8. The predicted octanol–water partition coefficient (Wildman–Crippen LogP) is 1.91. The van der Waals surface area contributed by atoms with Crippen LogP contribution in [-0.2, 0) is 17.7 Å². The van der Waals surface area contributed by atoms with Crippen LogP contribution in [0.15, 0.2) is 42.7 Å². The van der Waals surface area contributed by atoms with E-state index < -0.39 is 0 Å². The molecule has 9 heteroatoms. The molecule has 0 saturated carbocycles. The van der Waals surface area contributed by atoms with Gasteiger partial charge in [-0.05, 0) is 5.56 Å². The van der Waals surface area contributed by atoms with Gasteiger partial charge in [-0.2, -0.15) is 5.10 Å². The second-order valence-corrected chi connectivity index (χ2v) is 7.63. The molecule has 1 aromatic carbocycles. The molecule has 3 aromatic rings. The Hall–Kier alpha value is -2.62. The van der Waals surface area contributed by atoms with Crippen molar-refractivity contribution in [3.8, 4) is 0 Å². The van der Waals surface area contributed by atoms with Crippen molar-refractivity contribution in [1.29, 1.82) is 0 Å². The molecule has 2 aromatic heterocycles. The number of morpholine rings is 1. The summed E-state index contributed by atoms with van der Waals surface area (Å²) in [6.07, 6.45) is 4.13. The van der Waals surface area contributed by atoms with E-state index in [0.717, 1.165) is 49.8 Å². The minimum atomic E-state index is -0.227. The lowest BCUT2D eigenvalue weighted by Crippen LogP contribution is -2.37. The summed E-state index contributed by atoms with van der Waals surface area (Å²) >= 11 is 1.41. The number of carbonyl (C=O) groups excluding carboxylic acids is 1. The van der Waals surface area contributed by atoms with Crippen LogP contribution >= 0.6 is 11.3 Å². The van der Waals surface area contributed by atoms with Gasteiger partial charge in [0.2, 0.25) is 5.13 Å². The van der Waals surface area contributed by atoms with E-state index in [1.807, 2.05) is 30.3 Å². The molecule has 0 unspecified atom stereocenters. The maximum atomic E-state index is 12.4. The van der Waals surface area contributed by atoms with Crippen LogP contribution in [0.3, 0.4) is 0 Å². The van der Waals surface area contributed by atoms with Crippen LogP contribution in [0, 0.1) is 0 Å². The fourth-order valence-electron chi connectivity index (χ4n) is 2.99. The minimum Gasteiger partial charge on any atom is -0.379 e. The second kappa shape index (κ2) is 9.05. The third-order valence-corrected chi connectivity index (χ3v) is 5.41. The number of anilines is 1. The first-order valence-electron chi connectivity index (χ1n) is 9.26. The molecule has 0 atom stereocenters. The Kier molecular flexibility index (Phi) is 6.05. The van der Waals surface area contributed by atoms with Crippen LogP contribution in [0.5, 0.6) is 0 Å². The zero-order valence-electron chi connectivity index (χ0n) is 15.5. The van der Waals surface area contributed by atoms with Gasteiger partial charge in [0.1, 0.15) is 5.01 Å². The number of benzene rings is 1. The van der Waals surface area contributed by atoms with E-state index >= 15 is 0 Å². The number of nitrogens with one attached hydrogen (secondary N) is 1. The average molecular weight is 398 g/mol. The number of hydrogen-bond acceptors (Lipinski definition) is 7. The number of amides is 1. The van der Waals surface area contributed by atoms with Crippen LogP contribution in [0.4, 0.5) is 5.13 Å². The lowest BCUT2D eigenvalue weighted by Gasteiger charge is -2.25. The van der Waals surface area contributed by atoms with Crippen LogP contribution in [-0.4, -0.2) is 63.6 Å². The van der Waals surface area contributed by atoms with E-state index in [1.165, 1.54) is 11.3 Å². The van der Waals surface area contributed by atoms with E-state index in [0.29, 0.717) is 17.2 Å². The smallest absolute Gasteiger partial charge is 0.260 e. The van der Waals surface area contributed by atoms with E-state index in [2.05, 4.69) is 25.5 Å². The van der Waals surface area contributed by atoms with Gasteiger partial charge >= 0.3 is 0 Å². The summed E-state index contributed by atoms with van der Waals surface area (Å²) in [5.74, 6) is -0.227. The van der Waals surface area contributed by atoms with Crippen LogP contribution in [0.2, 0.25) is 0 Å². The summed E-state index contributed by atoms with van der Waals surface area (Å²) in [5, 5.41) is 16.8. The molecule has 8 nitrogen and oxygen atoms in total. The van der Waals surface area contributed by atoms with Crippen molar-refractivity contribution in [3.63, 3.8) is 0 Å². The maximum absolute atomic E-state index is 12.4. The summed E-state index contributed by atoms with van der Waals surface area (Å²) in [6, 6.07) is 10.0. The van der Waals surface area contributed by atoms with Crippen molar-refractivity contribution in [2.75, 3.05) is 38.2 Å². The third kappa shape index (κ3) is 5.00. The van der Waals surface area contributed by atoms with Gasteiger partial charge in [-0.3, -0.25) is 19.7 Å². The molecule has 0 aliphatic carbocycles. The summed E-state index contributed by atoms with van der Waals surface area (Å²) in [5.41, 5.74) is 1.63. The standard InChI is InChI=1S/C19H22N6O2S/c26-18(16-12-20-25(14-16)13-15-4-2-1-3-5-15)21-19-23-22-17(28-19)6-7-24-8-10-27-11-9-24/h1-5,12,14H,6-11,13H2,(H,21,23,26). The zero-order chi connectivity index (χ0) is 19.2. The predicted molar refractivity (Wildman–Crippen MR) is 107 cm³/mol. The molecular weight excluding hydrogens is 376 g/mol. The van der Waals surface area contributed by atoms with Gasteiger partial charge in [0.25, 0.3) is 5.91 Å². The molecule has 1 fully saturated rings. The van der Waals surface area contributed by atoms with Gasteiger partial charge in [0, 0.05) is 32.3 Å². The highest BCUT2D eigenvalue weighted by Crippen LogP contribution is 2.17. The molecule has 4 rings (SSSR count). The first-order valence-corrected chi connectivity index (χ1v) is 10.1. The molecule has 1 aliphatic heterocycles. The SMILES string of the molecule is O=C(Nc1nnc(CCN2CCOCC2)s1)c1cnn(Cc2ccccc2)c1. The molecular formula is C19H22N6O2S. The maximum Gasteiger partial charge on any atom is 0.260 e. The number of aromatic nitrogens is 4. The number of ether oxygens (including phenoxy) is 1. The molecule has 1 saturated heterocycles. The highest BCUT2D eigenvalue weighted by Gasteiger charge is 2.14. The molecule has 28 heavy (non-hydrogen) atoms. The van der Waals surface area contributed by atoms with Gasteiger partial charge in [-0.15, -0.1) is 10.2 Å². The van der Waals surface area contributed by atoms with Gasteiger partial charge in [-0.1, -0.05) is 41.7 Å². The number of hydrogen-bond donors (Lipinski definition) is 1. The van der Waals surface area contributed by atoms with E-state index in [9.17, 15) is 4.79 Å². The molecule has 0 spiro atoms. The molecule has 1 aliphatic rings. The highest BCUT2D eigenvalue weighted by atomic mass is 32.1. The molecule has 3 heterocycles. The third-order valence-electron chi connectivity index (χ3n) is 4.52. The number of rotatable bonds is 7. The lowest BCUT2D eigenvalue weighted by atomic mass is 10.2. The fraction of sp³-hybridized carbons (Fsp3) is 0.368. The van der Waals surface area contributed by atoms with Crippen LogP contribution in [0.1, 0.15) is 20.9 Å². The Morgan fingerprint density at radius 3 is 2.82 bits per heavy atom. The Balaban J connectivity index is 1.29. The zero-order valence-corrected chi connectivity index (χ0v) is 16.3. The Morgan fingerprint density at radius 1 is 1.18 bits per heavy atom. The van der Waals surface area contributed by atoms with Crippen LogP contribution < -0.4 is 5.32 Å². The summed E-state index contributed by atoms with van der Waals surface area (Å²) < 4.78 is 7.10. The first kappa shape index (κ1) is 18.7. The molecule has 146 valence electrons. The fourth-order valence-corrected chi connectivity index (χ4v) is 3.71. The molecule has 0 bridgehead atoms. The molecule has 1 N–H and O–H groups in total. The quantitative estimate of drug-likeness (QED) is 0.654. The van der Waals surface area contributed by atoms with Crippen molar-refractivity contribution < 1.29 is 9.53 Å². The van der Waals surface area contributed by atoms with E-state index in [1.54, 1.807) is 17.1 Å². The Bertz CT molecular complexity index is 904. The van der Waals surface area contributed by atoms with Crippen molar-refractivity contribution in [2.45, 2.75) is 13.0 Å². The van der Waals surface area contributed by atoms with Crippen molar-refractivity contribution >= 4 is 22.4 Å². The average Bonchev–Trinajstić information content (AvgIpc) is 3.38. The van der Waals surface area contributed by atoms with Crippen molar-refractivity contribution in [1.82, 2.24) is 24.9 Å². The van der Waals surface area contributed by atoms with Crippen molar-refractivity contribution in [2.24, 2.45) is 0 Å². The van der Waals surface area contributed by atoms with Gasteiger partial charge in [0.15, 0.2) is 0 Å². The Morgan fingerprint density at radius 2 is 2.00 bits per heavy atom. The lowest BCUT2D eigenvalue weighted by molar-refractivity contribution is 0.0384. The number of carbonyl (C=O) groups is 1. The normalized spacial score (nSPS) is 14.9. The van der Waals surface area contributed by atoms with E-state index in [4.69, 9.17) is 4.74 Å². The molecule has 1 amide bonds. The molecule has 0 radical (unpaired) electrons. The number of nitrogens with zero attached hydrogens (tertiary/aromatic N) is 5. The van der Waals surface area contributed by atoms with Crippen molar-refractivity contribution in [3.05, 3.63) is 58.9 Å². The van der Waals surface area contributed by atoms with E-state index in [-0.39, 0.29) is 5.91 Å². The first-order chi connectivity index (χ1) is 13.8. The van der Waals surface area contributed by atoms with Gasteiger partial charge in [0.05, 0.1) is 31.5 Å². The summed E-state index contributed by atoms with van der Waals surface area (Å²) in [7, 11) is 0. The van der Waals surface area contributed by atoms with Gasteiger partial charge < -0.3 is 4.74 Å². The largest absolute Gasteiger partial charge is 0.379 e. The monoisotopic (exact) mass is 398 g/mol. The summed E-state index contributed by atoms with van der Waals surface area (Å²) in [6.45, 7) is 5.03. The topological polar surface area (TPSA) is 85.2 Å². The second-order valence-electron chi connectivity index (χ2n) is 6.57. The Labute approximate surface area is 167 Å². The highest BCUT2D eigenvalue weighted by molar-refractivity contribution is 7.15. The van der Waals surface area contributed by atoms with Gasteiger partial charge in [-0.25, -0.2) is 0 Å².